The van der Waals surface area contributed by atoms with Crippen LogP contribution in [-0.4, -0.2) is 12.4 Å². The van der Waals surface area contributed by atoms with Crippen molar-refractivity contribution in [3.05, 3.63) is 22.4 Å². The molecular formula is C11H18N2OS. The summed E-state index contributed by atoms with van der Waals surface area (Å²) in [7, 11) is 0. The second-order valence-corrected chi connectivity index (χ2v) is 5.21. The van der Waals surface area contributed by atoms with Crippen molar-refractivity contribution in [2.75, 3.05) is 6.61 Å². The van der Waals surface area contributed by atoms with Crippen molar-refractivity contribution in [3.63, 3.8) is 0 Å². The van der Waals surface area contributed by atoms with E-state index >= 15 is 0 Å². The first-order valence-corrected chi connectivity index (χ1v) is 5.85. The Kier molecular flexibility index (Phi) is 4.29. The average Bonchev–Trinajstić information content (AvgIpc) is 2.64. The summed E-state index contributed by atoms with van der Waals surface area (Å²) < 4.78 is 5.52. The van der Waals surface area contributed by atoms with Gasteiger partial charge in [-0.3, -0.25) is 5.41 Å². The molecule has 0 atom stereocenters. The second kappa shape index (κ2) is 5.28. The Morgan fingerprint density at radius 1 is 1.60 bits per heavy atom. The van der Waals surface area contributed by atoms with Gasteiger partial charge in [0.1, 0.15) is 0 Å². The van der Waals surface area contributed by atoms with E-state index in [-0.39, 0.29) is 11.3 Å². The molecule has 0 saturated carbocycles. The van der Waals surface area contributed by atoms with E-state index in [1.807, 2.05) is 25.3 Å². The van der Waals surface area contributed by atoms with Gasteiger partial charge in [0.15, 0.2) is 0 Å². The van der Waals surface area contributed by atoms with Crippen molar-refractivity contribution in [2.24, 2.45) is 11.1 Å². The van der Waals surface area contributed by atoms with E-state index in [0.717, 1.165) is 6.42 Å². The molecule has 3 N–H and O–H groups in total. The third-order valence-corrected chi connectivity index (χ3v) is 3.27. The van der Waals surface area contributed by atoms with Gasteiger partial charge in [-0.25, -0.2) is 0 Å². The Bertz CT molecular complexity index is 306. The van der Waals surface area contributed by atoms with Gasteiger partial charge in [-0.2, -0.15) is 0 Å². The van der Waals surface area contributed by atoms with Gasteiger partial charge in [0.25, 0.3) is 0 Å². The van der Waals surface area contributed by atoms with Gasteiger partial charge in [0, 0.05) is 16.9 Å². The summed E-state index contributed by atoms with van der Waals surface area (Å²) in [5, 5.41) is 9.44. The van der Waals surface area contributed by atoms with Crippen molar-refractivity contribution in [2.45, 2.75) is 26.9 Å². The molecule has 0 unspecified atom stereocenters. The number of hydrogen-bond donors (Lipinski definition) is 2. The van der Waals surface area contributed by atoms with Crippen LogP contribution in [0, 0.1) is 10.8 Å². The Labute approximate surface area is 94.8 Å². The summed E-state index contributed by atoms with van der Waals surface area (Å²) in [6.07, 6.45) is 0.785. The van der Waals surface area contributed by atoms with E-state index in [1.165, 1.54) is 4.88 Å². The summed E-state index contributed by atoms with van der Waals surface area (Å²) in [4.78, 5) is 1.23. The van der Waals surface area contributed by atoms with Crippen molar-refractivity contribution < 1.29 is 4.74 Å². The van der Waals surface area contributed by atoms with Crippen molar-refractivity contribution in [1.29, 1.82) is 5.41 Å². The standard InChI is InChI=1S/C11H18N2OS/c1-11(2,10(12)13)5-6-14-8-9-4-3-7-15-9/h3-4,7H,5-6,8H2,1-2H3,(H3,12,13). The minimum atomic E-state index is -0.255. The largest absolute Gasteiger partial charge is 0.387 e. The lowest BCUT2D eigenvalue weighted by Gasteiger charge is -2.22. The van der Waals surface area contributed by atoms with Gasteiger partial charge in [-0.15, -0.1) is 11.3 Å². The maximum absolute atomic E-state index is 7.40. The molecule has 0 amide bonds. The maximum atomic E-state index is 7.40. The minimum Gasteiger partial charge on any atom is -0.387 e. The van der Waals surface area contributed by atoms with Crippen LogP contribution in [0.25, 0.3) is 0 Å². The Morgan fingerprint density at radius 2 is 2.33 bits per heavy atom. The van der Waals surface area contributed by atoms with Crippen LogP contribution in [-0.2, 0) is 11.3 Å². The third-order valence-electron chi connectivity index (χ3n) is 2.42. The lowest BCUT2D eigenvalue weighted by Crippen LogP contribution is -2.31. The van der Waals surface area contributed by atoms with Crippen LogP contribution in [0.2, 0.25) is 0 Å². The highest BCUT2D eigenvalue weighted by Gasteiger charge is 2.20. The molecule has 15 heavy (non-hydrogen) atoms. The lowest BCUT2D eigenvalue weighted by atomic mass is 9.89. The van der Waals surface area contributed by atoms with E-state index in [2.05, 4.69) is 6.07 Å². The number of rotatable bonds is 6. The first-order chi connectivity index (χ1) is 7.02. The number of amidine groups is 1. The molecule has 3 nitrogen and oxygen atoms in total. The zero-order valence-corrected chi connectivity index (χ0v) is 10.1. The predicted octanol–water partition coefficient (Wildman–Crippen LogP) is 2.62. The molecule has 0 bridgehead atoms. The summed E-state index contributed by atoms with van der Waals surface area (Å²) in [5.74, 6) is 0.224. The smallest absolute Gasteiger partial charge is 0.0963 e. The summed E-state index contributed by atoms with van der Waals surface area (Å²) in [6, 6.07) is 4.07. The number of hydrogen-bond acceptors (Lipinski definition) is 3. The maximum Gasteiger partial charge on any atom is 0.0963 e. The molecule has 0 spiro atoms. The fourth-order valence-electron chi connectivity index (χ4n) is 1.03. The molecular weight excluding hydrogens is 208 g/mol. The molecule has 0 aliphatic heterocycles. The highest BCUT2D eigenvalue weighted by molar-refractivity contribution is 7.09. The molecule has 0 saturated heterocycles. The average molecular weight is 226 g/mol. The van der Waals surface area contributed by atoms with E-state index in [1.54, 1.807) is 11.3 Å². The van der Waals surface area contributed by atoms with Crippen LogP contribution in [0.1, 0.15) is 25.1 Å². The van der Waals surface area contributed by atoms with Gasteiger partial charge in [0.2, 0.25) is 0 Å². The zero-order valence-electron chi connectivity index (χ0n) is 9.25. The molecule has 4 heteroatoms. The van der Waals surface area contributed by atoms with Crippen LogP contribution in [0.4, 0.5) is 0 Å². The van der Waals surface area contributed by atoms with Crippen LogP contribution < -0.4 is 5.73 Å². The highest BCUT2D eigenvalue weighted by Crippen LogP contribution is 2.20. The molecule has 84 valence electrons. The molecule has 0 aromatic carbocycles. The van der Waals surface area contributed by atoms with E-state index in [9.17, 15) is 0 Å². The van der Waals surface area contributed by atoms with Gasteiger partial charge in [-0.1, -0.05) is 19.9 Å². The van der Waals surface area contributed by atoms with E-state index < -0.39 is 0 Å². The summed E-state index contributed by atoms with van der Waals surface area (Å²) in [5.41, 5.74) is 5.22. The Hall–Kier alpha value is -0.870. The Balaban J connectivity index is 2.19. The quantitative estimate of drug-likeness (QED) is 0.445. The molecule has 0 radical (unpaired) electrons. The van der Waals surface area contributed by atoms with Gasteiger partial charge in [0.05, 0.1) is 12.4 Å². The van der Waals surface area contributed by atoms with Crippen molar-refractivity contribution in [3.8, 4) is 0 Å². The van der Waals surface area contributed by atoms with E-state index in [4.69, 9.17) is 15.9 Å². The van der Waals surface area contributed by atoms with Crippen LogP contribution in [0.5, 0.6) is 0 Å². The van der Waals surface area contributed by atoms with Gasteiger partial charge >= 0.3 is 0 Å². The first kappa shape index (κ1) is 12.2. The van der Waals surface area contributed by atoms with Crippen LogP contribution in [0.15, 0.2) is 17.5 Å². The lowest BCUT2D eigenvalue weighted by molar-refractivity contribution is 0.106. The minimum absolute atomic E-state index is 0.224. The van der Waals surface area contributed by atoms with Crippen LogP contribution >= 0.6 is 11.3 Å². The molecule has 0 aliphatic rings. The summed E-state index contributed by atoms with van der Waals surface area (Å²) >= 11 is 1.70. The van der Waals surface area contributed by atoms with Crippen LogP contribution in [0.3, 0.4) is 0 Å². The van der Waals surface area contributed by atoms with Crippen molar-refractivity contribution >= 4 is 17.2 Å². The molecule has 0 fully saturated rings. The predicted molar refractivity (Wildman–Crippen MR) is 64.3 cm³/mol. The summed E-state index contributed by atoms with van der Waals surface area (Å²) in [6.45, 7) is 5.23. The number of nitrogens with two attached hydrogens (primary N) is 1. The SMILES string of the molecule is CC(C)(CCOCc1cccs1)C(=N)N. The molecule has 1 heterocycles. The third kappa shape index (κ3) is 4.01. The fraction of sp³-hybridized carbons (Fsp3) is 0.545. The highest BCUT2D eigenvalue weighted by atomic mass is 32.1. The number of ether oxygens (including phenoxy) is 1. The Morgan fingerprint density at radius 3 is 2.87 bits per heavy atom. The topological polar surface area (TPSA) is 59.1 Å². The molecule has 0 aliphatic carbocycles. The number of nitrogens with one attached hydrogen (secondary N) is 1. The van der Waals surface area contributed by atoms with E-state index in [0.29, 0.717) is 13.2 Å². The monoisotopic (exact) mass is 226 g/mol. The first-order valence-electron chi connectivity index (χ1n) is 4.97. The van der Waals surface area contributed by atoms with Gasteiger partial charge < -0.3 is 10.5 Å². The fourth-order valence-corrected chi connectivity index (χ4v) is 1.67. The van der Waals surface area contributed by atoms with Crippen molar-refractivity contribution in [1.82, 2.24) is 0 Å². The molecule has 1 rings (SSSR count). The normalized spacial score (nSPS) is 11.6. The number of thiophene rings is 1. The molecule has 1 aromatic rings. The molecule has 1 aromatic heterocycles. The second-order valence-electron chi connectivity index (χ2n) is 4.18. The van der Waals surface area contributed by atoms with Gasteiger partial charge in [-0.05, 0) is 17.9 Å². The zero-order chi connectivity index (χ0) is 11.3.